The van der Waals surface area contributed by atoms with Gasteiger partial charge in [0.2, 0.25) is 17.8 Å². The van der Waals surface area contributed by atoms with Crippen molar-refractivity contribution in [1.29, 1.82) is 0 Å². The molecule has 3 saturated heterocycles. The number of piperidine rings is 2. The molecular formula is C44H52BrN10O4P. The van der Waals surface area contributed by atoms with Crippen molar-refractivity contribution in [2.24, 2.45) is 0 Å². The van der Waals surface area contributed by atoms with Crippen LogP contribution in [0.15, 0.2) is 71.6 Å². The van der Waals surface area contributed by atoms with E-state index in [1.54, 1.807) is 39.0 Å². The number of carbonyl (C=O) groups excluding carboxylic acids is 2. The smallest absolute Gasteiger partial charge is 0.234 e. The van der Waals surface area contributed by atoms with Crippen LogP contribution in [0.4, 0.5) is 28.8 Å². The lowest BCUT2D eigenvalue weighted by Crippen LogP contribution is -2.53. The van der Waals surface area contributed by atoms with E-state index in [-0.39, 0.29) is 17.7 Å². The fourth-order valence-electron chi connectivity index (χ4n) is 8.77. The van der Waals surface area contributed by atoms with E-state index in [1.165, 1.54) is 16.8 Å². The molecule has 3 aliphatic heterocycles. The lowest BCUT2D eigenvalue weighted by molar-refractivity contribution is -0.134. The number of rotatable bonds is 12. The summed E-state index contributed by atoms with van der Waals surface area (Å²) in [5, 5.41) is 9.87. The maximum Gasteiger partial charge on any atom is 0.234 e. The molecule has 5 aromatic rings. The van der Waals surface area contributed by atoms with Gasteiger partial charge in [-0.15, -0.1) is 0 Å². The number of methoxy groups -OCH3 is 1. The Morgan fingerprint density at radius 3 is 2.35 bits per heavy atom. The third-order valence-corrected chi connectivity index (χ3v) is 14.0. The fraction of sp³-hybridized carbons (Fsp3) is 0.409. The number of benzene rings is 3. The molecule has 0 aliphatic carbocycles. The van der Waals surface area contributed by atoms with Gasteiger partial charge in [-0.25, -0.2) is 4.98 Å². The molecule has 5 heterocycles. The Morgan fingerprint density at radius 2 is 1.65 bits per heavy atom. The van der Waals surface area contributed by atoms with Gasteiger partial charge in [0.1, 0.15) is 24.2 Å². The first-order valence-electron chi connectivity index (χ1n) is 20.7. The molecule has 0 spiro atoms. The van der Waals surface area contributed by atoms with Crippen LogP contribution in [0.1, 0.15) is 55.2 Å². The highest BCUT2D eigenvalue weighted by Crippen LogP contribution is 2.42. The Hall–Kier alpha value is -4.95. The largest absolute Gasteiger partial charge is 0.494 e. The standard InChI is InChI=1S/C44H52BrN10O4P/c1-5-29-24-36(50-44-48-26-33(45)42(52-44)49-35-12-11-34-40(47-17-16-46-34)41(35)60(3,4)58)38(59-2)25-37(29)55-18-14-31(15-19-55)54-22-20-53(21-23-54)27-28-6-8-30(9-7-28)32-10-13-39(56)51-43(32)57/h6-9,11-12,16-17,24-26,31-32H,5,10,13-15,18-23,27H2,1-4H3,(H,51,56,57)(H2,48,49,50,52). The molecule has 60 heavy (non-hydrogen) atoms. The number of hydrogen-bond donors (Lipinski definition) is 3. The summed E-state index contributed by atoms with van der Waals surface area (Å²) < 4.78 is 20.1. The summed E-state index contributed by atoms with van der Waals surface area (Å²) in [6.45, 7) is 12.6. The average Bonchev–Trinajstić information content (AvgIpc) is 3.25. The molecule has 1 atom stereocenters. The normalized spacial score (nSPS) is 18.4. The Bertz CT molecular complexity index is 2430. The van der Waals surface area contributed by atoms with E-state index >= 15 is 0 Å². The van der Waals surface area contributed by atoms with Crippen molar-refractivity contribution in [3.05, 3.63) is 88.3 Å². The maximum atomic E-state index is 13.5. The highest BCUT2D eigenvalue weighted by Gasteiger charge is 2.30. The third kappa shape index (κ3) is 9.19. The number of halogens is 1. The molecule has 314 valence electrons. The van der Waals surface area contributed by atoms with Crippen molar-refractivity contribution in [3.63, 3.8) is 0 Å². The fourth-order valence-corrected chi connectivity index (χ4v) is 10.5. The number of aromatic nitrogens is 4. The van der Waals surface area contributed by atoms with E-state index in [4.69, 9.17) is 9.72 Å². The zero-order valence-electron chi connectivity index (χ0n) is 34.6. The van der Waals surface area contributed by atoms with E-state index in [9.17, 15) is 14.2 Å². The highest BCUT2D eigenvalue weighted by atomic mass is 79.9. The number of hydrogen-bond acceptors (Lipinski definition) is 13. The zero-order valence-corrected chi connectivity index (χ0v) is 37.1. The number of imide groups is 1. The van der Waals surface area contributed by atoms with Crippen molar-refractivity contribution in [2.45, 2.75) is 57.5 Å². The van der Waals surface area contributed by atoms with Crippen molar-refractivity contribution < 1.29 is 18.9 Å². The first-order valence-corrected chi connectivity index (χ1v) is 24.1. The van der Waals surface area contributed by atoms with Gasteiger partial charge in [-0.05, 0) is 89.8 Å². The van der Waals surface area contributed by atoms with Crippen molar-refractivity contribution in [1.82, 2.24) is 35.1 Å². The van der Waals surface area contributed by atoms with Gasteiger partial charge in [-0.1, -0.05) is 31.2 Å². The van der Waals surface area contributed by atoms with Crippen LogP contribution in [-0.4, -0.2) is 107 Å². The van der Waals surface area contributed by atoms with Crippen molar-refractivity contribution in [2.75, 3.05) is 75.2 Å². The molecule has 3 fully saturated rings. The van der Waals surface area contributed by atoms with Crippen LogP contribution in [0, 0.1) is 0 Å². The van der Waals surface area contributed by atoms with Crippen molar-refractivity contribution >= 4 is 80.1 Å². The lowest BCUT2D eigenvalue weighted by atomic mass is 9.90. The van der Waals surface area contributed by atoms with Gasteiger partial charge in [0.15, 0.2) is 0 Å². The number of nitrogens with zero attached hydrogens (tertiary/aromatic N) is 7. The molecule has 3 aliphatic rings. The Kier molecular flexibility index (Phi) is 12.5. The van der Waals surface area contributed by atoms with E-state index in [2.05, 4.69) is 92.7 Å². The van der Waals surface area contributed by atoms with E-state index in [1.807, 2.05) is 24.3 Å². The molecule has 3 N–H and O–H groups in total. The molecule has 16 heteroatoms. The summed E-state index contributed by atoms with van der Waals surface area (Å²) in [6.07, 6.45) is 8.96. The zero-order chi connectivity index (χ0) is 42.0. The van der Waals surface area contributed by atoms with Crippen molar-refractivity contribution in [3.8, 4) is 5.75 Å². The first kappa shape index (κ1) is 41.8. The second-order valence-corrected chi connectivity index (χ2v) is 20.2. The molecule has 14 nitrogen and oxygen atoms in total. The number of fused-ring (bicyclic) bond motifs is 1. The number of nitrogens with one attached hydrogen (secondary N) is 3. The first-order chi connectivity index (χ1) is 29.0. The molecule has 2 amide bonds. The number of anilines is 5. The molecule has 0 saturated carbocycles. The van der Waals surface area contributed by atoms with Crippen LogP contribution < -0.4 is 30.9 Å². The number of carbonyl (C=O) groups is 2. The topological polar surface area (TPSA) is 158 Å². The second kappa shape index (κ2) is 18.0. The van der Waals surface area contributed by atoms with Gasteiger partial charge in [0.25, 0.3) is 0 Å². The Labute approximate surface area is 359 Å². The average molecular weight is 896 g/mol. The SMILES string of the molecule is CCc1cc(Nc2ncc(Br)c(Nc3ccc4nccnc4c3P(C)(C)=O)n2)c(OC)cc1N1CCC(N2CCN(Cc3ccc(C4CCC(=O)NC4=O)cc3)CC2)CC1. The summed E-state index contributed by atoms with van der Waals surface area (Å²) in [5.74, 6) is 0.992. The number of amides is 2. The molecular weight excluding hydrogens is 843 g/mol. The monoisotopic (exact) mass is 894 g/mol. The summed E-state index contributed by atoms with van der Waals surface area (Å²) in [7, 11) is -1.08. The summed E-state index contributed by atoms with van der Waals surface area (Å²) in [5.41, 5.74) is 7.34. The molecule has 1 unspecified atom stereocenters. The van der Waals surface area contributed by atoms with Gasteiger partial charge in [-0.2, -0.15) is 4.98 Å². The van der Waals surface area contributed by atoms with Gasteiger partial charge < -0.3 is 24.8 Å². The molecule has 3 aromatic carbocycles. The number of piperazine rings is 1. The lowest BCUT2D eigenvalue weighted by Gasteiger charge is -2.43. The molecule has 8 rings (SSSR count). The second-order valence-electron chi connectivity index (χ2n) is 16.2. The highest BCUT2D eigenvalue weighted by molar-refractivity contribution is 9.10. The maximum absolute atomic E-state index is 13.5. The molecule has 0 radical (unpaired) electrons. The minimum absolute atomic E-state index is 0.181. The molecule has 2 aromatic heterocycles. The van der Waals surface area contributed by atoms with Gasteiger partial charge >= 0.3 is 0 Å². The van der Waals surface area contributed by atoms with Crippen LogP contribution in [-0.2, 0) is 27.1 Å². The van der Waals surface area contributed by atoms with Crippen LogP contribution in [0.3, 0.4) is 0 Å². The Morgan fingerprint density at radius 1 is 0.900 bits per heavy atom. The third-order valence-electron chi connectivity index (χ3n) is 11.9. The minimum Gasteiger partial charge on any atom is -0.494 e. The predicted octanol–water partition coefficient (Wildman–Crippen LogP) is 6.80. The van der Waals surface area contributed by atoms with Crippen LogP contribution in [0.5, 0.6) is 5.75 Å². The van der Waals surface area contributed by atoms with Crippen LogP contribution >= 0.6 is 23.1 Å². The predicted molar refractivity (Wildman–Crippen MR) is 241 cm³/mol. The minimum atomic E-state index is -2.77. The van der Waals surface area contributed by atoms with E-state index in [0.717, 1.165) is 76.3 Å². The van der Waals surface area contributed by atoms with Crippen LogP contribution in [0.2, 0.25) is 0 Å². The summed E-state index contributed by atoms with van der Waals surface area (Å²) in [4.78, 5) is 49.9. The van der Waals surface area contributed by atoms with Gasteiger partial charge in [-0.3, -0.25) is 34.7 Å². The van der Waals surface area contributed by atoms with E-state index in [0.29, 0.717) is 62.9 Å². The Balaban J connectivity index is 0.881. The van der Waals surface area contributed by atoms with Gasteiger partial charge in [0, 0.05) is 88.6 Å². The quantitative estimate of drug-likeness (QED) is 0.0889. The van der Waals surface area contributed by atoms with Crippen LogP contribution in [0.25, 0.3) is 11.0 Å². The van der Waals surface area contributed by atoms with E-state index < -0.39 is 7.14 Å². The van der Waals surface area contributed by atoms with Gasteiger partial charge in [0.05, 0.1) is 39.7 Å². The number of ether oxygens (including phenoxy) is 1. The number of aryl methyl sites for hydroxylation is 1. The molecule has 0 bridgehead atoms. The summed E-state index contributed by atoms with van der Waals surface area (Å²) in [6, 6.07) is 16.9. The summed E-state index contributed by atoms with van der Waals surface area (Å²) >= 11 is 3.60.